The summed E-state index contributed by atoms with van der Waals surface area (Å²) in [6.07, 6.45) is 2.49. The number of methoxy groups -OCH3 is 1. The van der Waals surface area contributed by atoms with Gasteiger partial charge in [0, 0.05) is 21.9 Å². The van der Waals surface area contributed by atoms with Gasteiger partial charge in [-0.1, -0.05) is 22.4 Å². The maximum Gasteiger partial charge on any atom is 0.305 e. The first kappa shape index (κ1) is 18.6. The molecule has 0 spiro atoms. The Hall–Kier alpha value is -0.440. The van der Waals surface area contributed by atoms with E-state index < -0.39 is 10.0 Å². The largest absolute Gasteiger partial charge is 0.469 e. The minimum atomic E-state index is -3.53. The van der Waals surface area contributed by atoms with Gasteiger partial charge in [0.05, 0.1) is 12.0 Å². The summed E-state index contributed by atoms with van der Waals surface area (Å²) >= 11 is 6.52. The Kier molecular flexibility index (Phi) is 7.86. The number of halogens is 2. The molecule has 0 atom stereocenters. The summed E-state index contributed by atoms with van der Waals surface area (Å²) in [5.41, 5.74) is 0. The van der Waals surface area contributed by atoms with E-state index in [4.69, 9.17) is 0 Å². The van der Waals surface area contributed by atoms with E-state index in [-0.39, 0.29) is 10.9 Å². The smallest absolute Gasteiger partial charge is 0.305 e. The standard InChI is InChI=1S/C13H17Br2NO4S/c1-20-13(17)5-3-2-4-8-16-21(18,19)12-7-6-10(14)9-11(12)15/h6-7,9,16H,2-5,8H2,1H3. The first-order valence-electron chi connectivity index (χ1n) is 6.38. The molecule has 0 radical (unpaired) electrons. The molecule has 0 heterocycles. The van der Waals surface area contributed by atoms with Crippen molar-refractivity contribution < 1.29 is 17.9 Å². The summed E-state index contributed by atoms with van der Waals surface area (Å²) in [7, 11) is -2.17. The highest BCUT2D eigenvalue weighted by Crippen LogP contribution is 2.25. The van der Waals surface area contributed by atoms with E-state index in [1.54, 1.807) is 12.1 Å². The molecule has 5 nitrogen and oxygen atoms in total. The van der Waals surface area contributed by atoms with Gasteiger partial charge in [-0.25, -0.2) is 13.1 Å². The molecular formula is C13H17Br2NO4S. The van der Waals surface area contributed by atoms with Gasteiger partial charge >= 0.3 is 5.97 Å². The monoisotopic (exact) mass is 441 g/mol. The van der Waals surface area contributed by atoms with Crippen molar-refractivity contribution in [2.24, 2.45) is 0 Å². The molecule has 0 unspecified atom stereocenters. The third kappa shape index (κ3) is 6.46. The van der Waals surface area contributed by atoms with Crippen LogP contribution in [0.15, 0.2) is 32.0 Å². The van der Waals surface area contributed by atoms with Gasteiger partial charge in [-0.15, -0.1) is 0 Å². The normalized spacial score (nSPS) is 11.4. The molecule has 0 aliphatic heterocycles. The average molecular weight is 443 g/mol. The van der Waals surface area contributed by atoms with E-state index in [0.29, 0.717) is 30.3 Å². The van der Waals surface area contributed by atoms with Crippen molar-refractivity contribution in [3.8, 4) is 0 Å². The summed E-state index contributed by atoms with van der Waals surface area (Å²) in [4.78, 5) is 11.1. The number of rotatable bonds is 8. The summed E-state index contributed by atoms with van der Waals surface area (Å²) in [6.45, 7) is 0.339. The summed E-state index contributed by atoms with van der Waals surface area (Å²) in [5, 5.41) is 0. The van der Waals surface area contributed by atoms with Crippen molar-refractivity contribution in [2.75, 3.05) is 13.7 Å². The number of unbranched alkanes of at least 4 members (excludes halogenated alkanes) is 2. The maximum atomic E-state index is 12.1. The number of benzene rings is 1. The predicted molar refractivity (Wildman–Crippen MR) is 87.5 cm³/mol. The fourth-order valence-electron chi connectivity index (χ4n) is 1.65. The molecule has 0 fully saturated rings. The van der Waals surface area contributed by atoms with Crippen LogP contribution in [-0.4, -0.2) is 28.0 Å². The average Bonchev–Trinajstić information content (AvgIpc) is 2.41. The van der Waals surface area contributed by atoms with Crippen LogP contribution in [0, 0.1) is 0 Å². The zero-order valence-corrected chi connectivity index (χ0v) is 15.6. The SMILES string of the molecule is COC(=O)CCCCCNS(=O)(=O)c1ccc(Br)cc1Br. The van der Waals surface area contributed by atoms with Crippen LogP contribution in [0.3, 0.4) is 0 Å². The quantitative estimate of drug-likeness (QED) is 0.495. The minimum Gasteiger partial charge on any atom is -0.469 e. The van der Waals surface area contributed by atoms with E-state index in [0.717, 1.165) is 10.9 Å². The Balaban J connectivity index is 2.42. The molecule has 21 heavy (non-hydrogen) atoms. The molecule has 118 valence electrons. The van der Waals surface area contributed by atoms with Gasteiger partial charge in [-0.05, 0) is 47.0 Å². The molecule has 0 saturated heterocycles. The third-order valence-corrected chi connectivity index (χ3v) is 5.69. The number of carbonyl (C=O) groups is 1. The number of hydrogen-bond donors (Lipinski definition) is 1. The molecule has 0 aliphatic rings. The molecule has 0 saturated carbocycles. The number of sulfonamides is 1. The van der Waals surface area contributed by atoms with Gasteiger partial charge < -0.3 is 4.74 Å². The van der Waals surface area contributed by atoms with Crippen LogP contribution in [0.2, 0.25) is 0 Å². The molecular weight excluding hydrogens is 426 g/mol. The van der Waals surface area contributed by atoms with Gasteiger partial charge in [-0.3, -0.25) is 4.79 Å². The summed E-state index contributed by atoms with van der Waals surface area (Å²) in [6, 6.07) is 4.90. The van der Waals surface area contributed by atoms with Crippen molar-refractivity contribution in [1.29, 1.82) is 0 Å². The lowest BCUT2D eigenvalue weighted by atomic mass is 10.2. The molecule has 0 bridgehead atoms. The fraction of sp³-hybridized carbons (Fsp3) is 0.462. The fourth-order valence-corrected chi connectivity index (χ4v) is 4.47. The Bertz CT molecular complexity index is 590. The van der Waals surface area contributed by atoms with Crippen molar-refractivity contribution in [3.05, 3.63) is 27.1 Å². The third-order valence-electron chi connectivity index (χ3n) is 2.76. The van der Waals surface area contributed by atoms with Gasteiger partial charge in [0.25, 0.3) is 0 Å². The van der Waals surface area contributed by atoms with Crippen LogP contribution in [-0.2, 0) is 19.6 Å². The van der Waals surface area contributed by atoms with E-state index >= 15 is 0 Å². The molecule has 0 aliphatic carbocycles. The summed E-state index contributed by atoms with van der Waals surface area (Å²) < 4.78 is 32.6. The molecule has 1 aromatic rings. The highest BCUT2D eigenvalue weighted by atomic mass is 79.9. The van der Waals surface area contributed by atoms with Crippen LogP contribution in [0.4, 0.5) is 0 Å². The van der Waals surface area contributed by atoms with Crippen molar-refractivity contribution in [3.63, 3.8) is 0 Å². The van der Waals surface area contributed by atoms with Crippen LogP contribution < -0.4 is 4.72 Å². The molecule has 0 aromatic heterocycles. The second-order valence-corrected chi connectivity index (χ2v) is 7.86. The topological polar surface area (TPSA) is 72.5 Å². The number of nitrogens with one attached hydrogen (secondary N) is 1. The lowest BCUT2D eigenvalue weighted by Crippen LogP contribution is -2.25. The lowest BCUT2D eigenvalue weighted by Gasteiger charge is -2.08. The Morgan fingerprint density at radius 3 is 2.57 bits per heavy atom. The van der Waals surface area contributed by atoms with Crippen LogP contribution >= 0.6 is 31.9 Å². The van der Waals surface area contributed by atoms with Gasteiger partial charge in [0.1, 0.15) is 0 Å². The maximum absolute atomic E-state index is 12.1. The van der Waals surface area contributed by atoms with Gasteiger partial charge in [0.2, 0.25) is 10.0 Å². The number of hydrogen-bond acceptors (Lipinski definition) is 4. The summed E-state index contributed by atoms with van der Waals surface area (Å²) in [5.74, 6) is -0.241. The zero-order valence-electron chi connectivity index (χ0n) is 11.6. The van der Waals surface area contributed by atoms with Crippen molar-refractivity contribution in [2.45, 2.75) is 30.6 Å². The van der Waals surface area contributed by atoms with E-state index in [1.165, 1.54) is 13.2 Å². The van der Waals surface area contributed by atoms with E-state index in [9.17, 15) is 13.2 Å². The number of carbonyl (C=O) groups excluding carboxylic acids is 1. The van der Waals surface area contributed by atoms with Crippen molar-refractivity contribution in [1.82, 2.24) is 4.72 Å². The van der Waals surface area contributed by atoms with Crippen LogP contribution in [0.1, 0.15) is 25.7 Å². The molecule has 1 N–H and O–H groups in total. The van der Waals surface area contributed by atoms with Gasteiger partial charge in [0.15, 0.2) is 0 Å². The lowest BCUT2D eigenvalue weighted by molar-refractivity contribution is -0.140. The molecule has 0 amide bonds. The number of ether oxygens (including phenoxy) is 1. The van der Waals surface area contributed by atoms with E-state index in [1.807, 2.05) is 0 Å². The first-order valence-corrected chi connectivity index (χ1v) is 9.45. The Morgan fingerprint density at radius 1 is 1.24 bits per heavy atom. The van der Waals surface area contributed by atoms with Crippen LogP contribution in [0.5, 0.6) is 0 Å². The second kappa shape index (κ2) is 8.87. The second-order valence-electron chi connectivity index (χ2n) is 4.36. The molecule has 8 heteroatoms. The Morgan fingerprint density at radius 2 is 1.95 bits per heavy atom. The Labute approximate surface area is 141 Å². The number of esters is 1. The molecule has 1 aromatic carbocycles. The van der Waals surface area contributed by atoms with Gasteiger partial charge in [-0.2, -0.15) is 0 Å². The van der Waals surface area contributed by atoms with Crippen LogP contribution in [0.25, 0.3) is 0 Å². The molecule has 1 rings (SSSR count). The zero-order chi connectivity index (χ0) is 15.9. The first-order chi connectivity index (χ1) is 9.86. The predicted octanol–water partition coefficient (Wildman–Crippen LogP) is 3.22. The van der Waals surface area contributed by atoms with Crippen molar-refractivity contribution >= 4 is 47.9 Å². The highest BCUT2D eigenvalue weighted by molar-refractivity contribution is 9.11. The van der Waals surface area contributed by atoms with E-state index in [2.05, 4.69) is 41.3 Å². The highest BCUT2D eigenvalue weighted by Gasteiger charge is 2.16. The minimum absolute atomic E-state index is 0.209.